The lowest BCUT2D eigenvalue weighted by molar-refractivity contribution is -0.122. The topological polar surface area (TPSA) is 55.1 Å². The lowest BCUT2D eigenvalue weighted by Gasteiger charge is -2.23. The van der Waals surface area contributed by atoms with Crippen LogP contribution < -0.4 is 11.1 Å². The summed E-state index contributed by atoms with van der Waals surface area (Å²) >= 11 is 0. The summed E-state index contributed by atoms with van der Waals surface area (Å²) < 4.78 is 0. The van der Waals surface area contributed by atoms with E-state index >= 15 is 0 Å². The minimum absolute atomic E-state index is 0.0336. The monoisotopic (exact) mass is 200 g/mol. The Labute approximate surface area is 87.4 Å². The van der Waals surface area contributed by atoms with Crippen LogP contribution in [0.3, 0.4) is 0 Å². The number of carbonyl (C=O) groups excluding carboxylic acids is 1. The first-order chi connectivity index (χ1) is 6.20. The highest BCUT2D eigenvalue weighted by Crippen LogP contribution is 2.20. The van der Waals surface area contributed by atoms with Gasteiger partial charge in [0.1, 0.15) is 0 Å². The number of amides is 1. The lowest BCUT2D eigenvalue weighted by atomic mass is 9.87. The van der Waals surface area contributed by atoms with E-state index in [0.717, 1.165) is 6.42 Å². The molecule has 3 heteroatoms. The summed E-state index contributed by atoms with van der Waals surface area (Å²) in [5.41, 5.74) is 6.07. The molecule has 0 aromatic rings. The van der Waals surface area contributed by atoms with E-state index in [0.29, 0.717) is 6.42 Å². The molecule has 0 spiro atoms. The molecule has 0 aromatic heterocycles. The molecule has 0 aliphatic heterocycles. The van der Waals surface area contributed by atoms with Gasteiger partial charge in [0.15, 0.2) is 0 Å². The van der Waals surface area contributed by atoms with E-state index in [-0.39, 0.29) is 23.4 Å². The smallest absolute Gasteiger partial charge is 0.221 e. The zero-order valence-electron chi connectivity index (χ0n) is 10.1. The van der Waals surface area contributed by atoms with Crippen LogP contribution in [0.25, 0.3) is 0 Å². The van der Waals surface area contributed by atoms with Gasteiger partial charge >= 0.3 is 0 Å². The Kier molecular flexibility index (Phi) is 5.13. The van der Waals surface area contributed by atoms with Crippen LogP contribution >= 0.6 is 0 Å². The van der Waals surface area contributed by atoms with Crippen LogP contribution in [0.2, 0.25) is 0 Å². The predicted molar refractivity (Wildman–Crippen MR) is 59.9 cm³/mol. The normalized spacial score (nSPS) is 14.2. The predicted octanol–water partition coefficient (Wildman–Crippen LogP) is 1.66. The van der Waals surface area contributed by atoms with E-state index < -0.39 is 0 Å². The Hall–Kier alpha value is -0.570. The molecule has 0 saturated carbocycles. The summed E-state index contributed by atoms with van der Waals surface area (Å²) in [6.07, 6.45) is 1.30. The van der Waals surface area contributed by atoms with Crippen LogP contribution in [0.15, 0.2) is 0 Å². The maximum absolute atomic E-state index is 11.4. The van der Waals surface area contributed by atoms with Gasteiger partial charge in [-0.25, -0.2) is 0 Å². The number of hydrogen-bond donors (Lipinski definition) is 2. The van der Waals surface area contributed by atoms with Crippen molar-refractivity contribution in [3.05, 3.63) is 0 Å². The van der Waals surface area contributed by atoms with E-state index in [1.165, 1.54) is 0 Å². The molecule has 84 valence electrons. The van der Waals surface area contributed by atoms with Crippen LogP contribution in [0.5, 0.6) is 0 Å². The molecular weight excluding hydrogens is 176 g/mol. The second kappa shape index (κ2) is 5.35. The zero-order valence-corrected chi connectivity index (χ0v) is 10.1. The first kappa shape index (κ1) is 13.4. The first-order valence-corrected chi connectivity index (χ1v) is 5.25. The molecule has 0 aromatic carbocycles. The van der Waals surface area contributed by atoms with Crippen molar-refractivity contribution in [2.75, 3.05) is 0 Å². The fourth-order valence-electron chi connectivity index (χ4n) is 1.48. The van der Waals surface area contributed by atoms with Crippen LogP contribution in [0.4, 0.5) is 0 Å². The zero-order chi connectivity index (χ0) is 11.4. The molecule has 0 bridgehead atoms. The van der Waals surface area contributed by atoms with Gasteiger partial charge in [-0.15, -0.1) is 0 Å². The minimum Gasteiger partial charge on any atom is -0.354 e. The molecule has 0 saturated heterocycles. The third kappa shape index (κ3) is 8.05. The summed E-state index contributed by atoms with van der Waals surface area (Å²) in [6.45, 7) is 10.3. The van der Waals surface area contributed by atoms with E-state index in [4.69, 9.17) is 5.73 Å². The van der Waals surface area contributed by atoms with Crippen molar-refractivity contribution >= 4 is 5.91 Å². The van der Waals surface area contributed by atoms with Gasteiger partial charge in [-0.1, -0.05) is 20.8 Å². The molecule has 0 aliphatic carbocycles. The van der Waals surface area contributed by atoms with Crippen molar-refractivity contribution in [3.63, 3.8) is 0 Å². The molecule has 1 amide bonds. The van der Waals surface area contributed by atoms with Gasteiger partial charge in [-0.05, 0) is 25.7 Å². The van der Waals surface area contributed by atoms with E-state index in [1.54, 1.807) is 0 Å². The van der Waals surface area contributed by atoms with Gasteiger partial charge in [0, 0.05) is 18.5 Å². The fourth-order valence-corrected chi connectivity index (χ4v) is 1.48. The van der Waals surface area contributed by atoms with Crippen molar-refractivity contribution in [2.24, 2.45) is 11.1 Å². The highest BCUT2D eigenvalue weighted by molar-refractivity contribution is 5.76. The summed E-state index contributed by atoms with van der Waals surface area (Å²) in [6, 6.07) is 0.165. The van der Waals surface area contributed by atoms with Gasteiger partial charge < -0.3 is 11.1 Å². The Morgan fingerprint density at radius 2 is 1.86 bits per heavy atom. The summed E-state index contributed by atoms with van der Waals surface area (Å²) in [5.74, 6) is 0.0525. The first-order valence-electron chi connectivity index (χ1n) is 5.25. The Morgan fingerprint density at radius 1 is 1.36 bits per heavy atom. The lowest BCUT2D eigenvalue weighted by Crippen LogP contribution is -2.36. The molecule has 1 unspecified atom stereocenters. The maximum atomic E-state index is 11.4. The van der Waals surface area contributed by atoms with Crippen LogP contribution in [-0.2, 0) is 4.79 Å². The third-order valence-corrected chi connectivity index (χ3v) is 1.77. The molecule has 14 heavy (non-hydrogen) atoms. The molecule has 0 radical (unpaired) electrons. The third-order valence-electron chi connectivity index (χ3n) is 1.77. The highest BCUT2D eigenvalue weighted by atomic mass is 16.1. The van der Waals surface area contributed by atoms with Crippen molar-refractivity contribution in [2.45, 2.75) is 59.5 Å². The number of carbonyl (C=O) groups is 1. The van der Waals surface area contributed by atoms with Crippen molar-refractivity contribution in [3.8, 4) is 0 Å². The number of rotatable bonds is 4. The Balaban J connectivity index is 3.83. The standard InChI is InChI=1S/C11H24N2O/c1-8(2)13-10(14)6-9(12)7-11(3,4)5/h8-9H,6-7,12H2,1-5H3,(H,13,14). The highest BCUT2D eigenvalue weighted by Gasteiger charge is 2.18. The molecule has 3 nitrogen and oxygen atoms in total. The number of hydrogen-bond acceptors (Lipinski definition) is 2. The second-order valence-corrected chi connectivity index (χ2v) is 5.45. The molecular formula is C11H24N2O. The summed E-state index contributed by atoms with van der Waals surface area (Å²) in [5, 5.41) is 2.84. The largest absolute Gasteiger partial charge is 0.354 e. The van der Waals surface area contributed by atoms with Crippen LogP contribution in [0.1, 0.15) is 47.5 Å². The molecule has 0 heterocycles. The second-order valence-electron chi connectivity index (χ2n) is 5.45. The van der Waals surface area contributed by atoms with Crippen molar-refractivity contribution in [1.29, 1.82) is 0 Å². The molecule has 1 atom stereocenters. The average molecular weight is 200 g/mol. The quantitative estimate of drug-likeness (QED) is 0.725. The van der Waals surface area contributed by atoms with Gasteiger partial charge in [0.25, 0.3) is 0 Å². The fraction of sp³-hybridized carbons (Fsp3) is 0.909. The molecule has 3 N–H and O–H groups in total. The van der Waals surface area contributed by atoms with Gasteiger partial charge in [-0.2, -0.15) is 0 Å². The number of nitrogens with two attached hydrogens (primary N) is 1. The Bertz CT molecular complexity index is 182. The summed E-state index contributed by atoms with van der Waals surface area (Å²) in [4.78, 5) is 11.4. The molecule has 0 aliphatic rings. The van der Waals surface area contributed by atoms with Crippen molar-refractivity contribution < 1.29 is 4.79 Å². The van der Waals surface area contributed by atoms with Crippen molar-refractivity contribution in [1.82, 2.24) is 5.32 Å². The average Bonchev–Trinajstić information content (AvgIpc) is 1.77. The van der Waals surface area contributed by atoms with E-state index in [1.807, 2.05) is 13.8 Å². The van der Waals surface area contributed by atoms with Crippen LogP contribution in [0, 0.1) is 5.41 Å². The SMILES string of the molecule is CC(C)NC(=O)CC(N)CC(C)(C)C. The Morgan fingerprint density at radius 3 is 2.21 bits per heavy atom. The number of nitrogens with one attached hydrogen (secondary N) is 1. The van der Waals surface area contributed by atoms with Gasteiger partial charge in [0.2, 0.25) is 5.91 Å². The van der Waals surface area contributed by atoms with E-state index in [2.05, 4.69) is 26.1 Å². The van der Waals surface area contributed by atoms with E-state index in [9.17, 15) is 4.79 Å². The molecule has 0 rings (SSSR count). The van der Waals surface area contributed by atoms with Crippen LogP contribution in [-0.4, -0.2) is 18.0 Å². The minimum atomic E-state index is -0.0336. The maximum Gasteiger partial charge on any atom is 0.221 e. The summed E-state index contributed by atoms with van der Waals surface area (Å²) in [7, 11) is 0. The molecule has 0 fully saturated rings. The van der Waals surface area contributed by atoms with Gasteiger partial charge in [0.05, 0.1) is 0 Å². The van der Waals surface area contributed by atoms with Gasteiger partial charge in [-0.3, -0.25) is 4.79 Å².